The second-order valence-electron chi connectivity index (χ2n) is 12.8. The Balaban J connectivity index is 0.000000162. The van der Waals surface area contributed by atoms with Crippen LogP contribution in [0.15, 0.2) is 128 Å². The van der Waals surface area contributed by atoms with Crippen molar-refractivity contribution >= 4 is 49.5 Å². The molecule has 2 aromatic heterocycles. The van der Waals surface area contributed by atoms with Crippen LogP contribution in [0.25, 0.3) is 66.2 Å². The van der Waals surface area contributed by atoms with Gasteiger partial charge in [-0.2, -0.15) is 30.9 Å². The second kappa shape index (κ2) is 12.9. The molecule has 0 fully saturated rings. The number of fused-ring (bicyclic) bond motifs is 13. The van der Waals surface area contributed by atoms with Crippen molar-refractivity contribution in [3.05, 3.63) is 163 Å². The summed E-state index contributed by atoms with van der Waals surface area (Å²) in [6.45, 7) is 6.56. The fourth-order valence-corrected chi connectivity index (χ4v) is 7.69. The molecule has 244 valence electrons. The van der Waals surface area contributed by atoms with Crippen molar-refractivity contribution in [1.29, 1.82) is 0 Å². The number of hydrogen-bond acceptors (Lipinski definition) is 3. The first-order valence-corrected chi connectivity index (χ1v) is 17.1. The van der Waals surface area contributed by atoms with Crippen molar-refractivity contribution in [3.63, 3.8) is 0 Å². The average molecular weight is 824 g/mol. The normalized spacial score (nSPS) is 13.1. The smallest absolute Gasteiger partial charge is 0.510 e. The van der Waals surface area contributed by atoms with Gasteiger partial charge in [0, 0.05) is 23.0 Å². The van der Waals surface area contributed by atoms with E-state index >= 15 is 0 Å². The molecular weight excluding hydrogens is 789 g/mol. The third kappa shape index (κ3) is 5.04. The van der Waals surface area contributed by atoms with Gasteiger partial charge in [-0.05, 0) is 65.0 Å². The van der Waals surface area contributed by atoms with E-state index in [1.807, 2.05) is 18.2 Å². The molecule has 0 spiro atoms. The number of para-hydroxylation sites is 1. The van der Waals surface area contributed by atoms with Crippen LogP contribution in [0.2, 0.25) is 0 Å². The molecule has 0 atom stereocenters. The Bertz CT molecular complexity index is 2580. The summed E-state index contributed by atoms with van der Waals surface area (Å²) >= 11 is 0. The molecule has 6 aromatic carbocycles. The van der Waals surface area contributed by atoms with Crippen molar-refractivity contribution in [2.75, 3.05) is 11.9 Å². The molecule has 4 nitrogen and oxygen atoms in total. The van der Waals surface area contributed by atoms with Crippen LogP contribution in [0.1, 0.15) is 30.5 Å². The molecule has 5 heteroatoms. The summed E-state index contributed by atoms with van der Waals surface area (Å²) in [5.41, 5.74) is 13.6. The Morgan fingerprint density at radius 1 is 0.700 bits per heavy atom. The maximum atomic E-state index is 4.94. The first-order valence-electron chi connectivity index (χ1n) is 17.1. The van der Waals surface area contributed by atoms with E-state index in [2.05, 4.69) is 163 Å². The van der Waals surface area contributed by atoms with Crippen molar-refractivity contribution in [3.8, 4) is 22.4 Å². The molecule has 10 rings (SSSR count). The number of imidazole rings is 1. The van der Waals surface area contributed by atoms with Crippen LogP contribution in [0.5, 0.6) is 0 Å². The molecule has 8 aromatic rings. The number of nitrogens with zero attached hydrogens (tertiary/aromatic N) is 4. The molecule has 0 N–H and O–H groups in total. The molecule has 2 aliphatic heterocycles. The van der Waals surface area contributed by atoms with E-state index in [-0.39, 0.29) is 20.1 Å². The summed E-state index contributed by atoms with van der Waals surface area (Å²) in [7, 11) is 2.05. The van der Waals surface area contributed by atoms with Crippen molar-refractivity contribution in [2.45, 2.75) is 26.7 Å². The van der Waals surface area contributed by atoms with Gasteiger partial charge in [-0.15, -0.1) is 35.2 Å². The molecule has 0 saturated heterocycles. The number of rotatable bonds is 3. The van der Waals surface area contributed by atoms with Crippen LogP contribution < -0.4 is 4.90 Å². The van der Waals surface area contributed by atoms with Gasteiger partial charge in [0.2, 0.25) is 0 Å². The Kier molecular flexibility index (Phi) is 8.27. The molecular formula is C45H35IrN4. The topological polar surface area (TPSA) is 23.8 Å². The van der Waals surface area contributed by atoms with Crippen LogP contribution in [0.4, 0.5) is 5.69 Å². The van der Waals surface area contributed by atoms with Gasteiger partial charge in [-0.3, -0.25) is 4.98 Å². The van der Waals surface area contributed by atoms with Crippen LogP contribution in [-0.2, 0) is 32.9 Å². The minimum atomic E-state index is 0. The van der Waals surface area contributed by atoms with Crippen LogP contribution >= 0.6 is 0 Å². The summed E-state index contributed by atoms with van der Waals surface area (Å²) in [4.78, 5) is 9.23. The van der Waals surface area contributed by atoms with Crippen molar-refractivity contribution in [1.82, 2.24) is 14.3 Å². The predicted molar refractivity (Wildman–Crippen MR) is 204 cm³/mol. The average Bonchev–Trinajstić information content (AvgIpc) is 3.79. The predicted octanol–water partition coefficient (Wildman–Crippen LogP) is 10.7. The van der Waals surface area contributed by atoms with E-state index in [0.29, 0.717) is 0 Å². The molecule has 0 radical (unpaired) electrons. The number of pyridine rings is 1. The molecule has 0 unspecified atom stereocenters. The second-order valence-corrected chi connectivity index (χ2v) is 12.8. The first-order chi connectivity index (χ1) is 24.1. The van der Waals surface area contributed by atoms with E-state index in [4.69, 9.17) is 4.98 Å². The fourth-order valence-electron chi connectivity index (χ4n) is 7.69. The van der Waals surface area contributed by atoms with Gasteiger partial charge in [-0.25, -0.2) is 0 Å². The van der Waals surface area contributed by atoms with Gasteiger partial charge >= 0.3 is 20.1 Å². The Morgan fingerprint density at radius 3 is 2.16 bits per heavy atom. The summed E-state index contributed by atoms with van der Waals surface area (Å²) in [6.07, 6.45) is 6.20. The van der Waals surface area contributed by atoms with Crippen molar-refractivity contribution in [2.24, 2.45) is 0 Å². The number of anilines is 1. The van der Waals surface area contributed by atoms with E-state index in [0.717, 1.165) is 29.6 Å². The zero-order valence-corrected chi connectivity index (χ0v) is 30.6. The molecule has 0 bridgehead atoms. The minimum absolute atomic E-state index is 0. The minimum Gasteiger partial charge on any atom is -0.510 e. The van der Waals surface area contributed by atoms with Crippen molar-refractivity contribution < 1.29 is 20.1 Å². The van der Waals surface area contributed by atoms with E-state index in [1.165, 1.54) is 71.8 Å². The Hall–Kier alpha value is -5.22. The number of benzene rings is 6. The Morgan fingerprint density at radius 2 is 1.38 bits per heavy atom. The first kappa shape index (κ1) is 32.0. The van der Waals surface area contributed by atoms with Crippen LogP contribution in [0, 0.1) is 18.8 Å². The third-order valence-corrected chi connectivity index (χ3v) is 9.94. The molecule has 0 aliphatic carbocycles. The molecule has 50 heavy (non-hydrogen) atoms. The van der Waals surface area contributed by atoms with Crippen LogP contribution in [-0.4, -0.2) is 21.3 Å². The third-order valence-electron chi connectivity index (χ3n) is 9.94. The van der Waals surface area contributed by atoms with E-state index < -0.39 is 0 Å². The van der Waals surface area contributed by atoms with Gasteiger partial charge in [0.15, 0.2) is 0 Å². The van der Waals surface area contributed by atoms with Gasteiger partial charge in [0.05, 0.1) is 11.3 Å². The molecule has 0 saturated carbocycles. The van der Waals surface area contributed by atoms with Crippen LogP contribution in [0.3, 0.4) is 0 Å². The standard InChI is InChI=1S/C29H23N2.C16H12N2.Ir/c1-3-19-12-9-13-20(4-2)28(19)27-18-30-29-24-15-8-7-14-23(24)25-16-21-10-5-6-11-22(21)17-26(25)31(27)29;1-17-10-16-14-8-3-2-6-12(14)13-7-4-5-9-15(13)18(16)11-17;/h5-14,16-18H,3-4H2,1-2H3;2-8,10-11H,1H3;/q-1;-2;+3. The fraction of sp³-hybridized carbons (Fsp3) is 0.111. The monoisotopic (exact) mass is 824 g/mol. The maximum Gasteiger partial charge on any atom is 3.00 e. The summed E-state index contributed by atoms with van der Waals surface area (Å²) < 4.78 is 2.36. The maximum absolute atomic E-state index is 4.94. The zero-order chi connectivity index (χ0) is 33.1. The molecule has 4 heterocycles. The summed E-state index contributed by atoms with van der Waals surface area (Å²) in [5.74, 6) is 0. The van der Waals surface area contributed by atoms with Gasteiger partial charge in [-0.1, -0.05) is 103 Å². The van der Waals surface area contributed by atoms with Gasteiger partial charge in [0.25, 0.3) is 0 Å². The quantitative estimate of drug-likeness (QED) is 0.101. The molecule has 0 amide bonds. The zero-order valence-electron chi connectivity index (χ0n) is 28.2. The van der Waals surface area contributed by atoms with E-state index in [9.17, 15) is 0 Å². The van der Waals surface area contributed by atoms with E-state index in [1.54, 1.807) is 0 Å². The number of hydrogen-bond donors (Lipinski definition) is 0. The SMILES string of the molecule is CCc1cccc(CC)c1-c1cnc2c3[c-]cccc3c3cc4ccccc4cc3n12.CN1C=C2c3ccccc3-c3ccc[c-]c3N2[CH-]1.[Ir+3]. The Labute approximate surface area is 306 Å². The number of aromatic nitrogens is 2. The van der Waals surface area contributed by atoms with Gasteiger partial charge in [0.1, 0.15) is 0 Å². The summed E-state index contributed by atoms with van der Waals surface area (Å²) in [5, 5.41) is 6.01. The molecule has 2 aliphatic rings. The van der Waals surface area contributed by atoms with Gasteiger partial charge < -0.3 is 14.2 Å². The summed E-state index contributed by atoms with van der Waals surface area (Å²) in [6, 6.07) is 47.7. The number of aryl methyl sites for hydroxylation is 2. The largest absolute Gasteiger partial charge is 3.00 e.